The molecule has 1 aliphatic rings. The molecular weight excluding hydrogens is 236 g/mol. The maximum absolute atomic E-state index is 3.68. The third-order valence-electron chi connectivity index (χ3n) is 2.47. The number of hydrogen-bond acceptors (Lipinski definition) is 0. The maximum atomic E-state index is 3.68. The number of allylic oxidation sites excluding steroid dienone is 3. The molecule has 2 unspecified atom stereocenters. The molecule has 1 heteroatoms. The first-order valence-electron chi connectivity index (χ1n) is 4.78. The van der Waals surface area contributed by atoms with Crippen molar-refractivity contribution >= 4 is 22.0 Å². The predicted octanol–water partition coefficient (Wildman–Crippen LogP) is 3.94. The molecule has 1 aromatic rings. The largest absolute Gasteiger partial charge is 0.0905 e. The van der Waals surface area contributed by atoms with E-state index < -0.39 is 0 Å². The molecule has 14 heavy (non-hydrogen) atoms. The van der Waals surface area contributed by atoms with Gasteiger partial charge in [-0.1, -0.05) is 58.4 Å². The lowest BCUT2D eigenvalue weighted by atomic mass is 9.97. The molecule has 0 N–H and O–H groups in total. The molecule has 0 aliphatic heterocycles. The summed E-state index contributed by atoms with van der Waals surface area (Å²) >= 11 is 3.68. The van der Waals surface area contributed by atoms with Gasteiger partial charge in [0.05, 0.1) is 0 Å². The minimum absolute atomic E-state index is 0.390. The van der Waals surface area contributed by atoms with Crippen molar-refractivity contribution in [1.82, 2.24) is 0 Å². The molecular formula is C13H12Br. The van der Waals surface area contributed by atoms with Crippen LogP contribution in [0.1, 0.15) is 24.0 Å². The van der Waals surface area contributed by atoms with Crippen molar-refractivity contribution in [3.8, 4) is 0 Å². The van der Waals surface area contributed by atoms with Gasteiger partial charge >= 0.3 is 0 Å². The van der Waals surface area contributed by atoms with E-state index in [0.29, 0.717) is 10.7 Å². The van der Waals surface area contributed by atoms with Gasteiger partial charge < -0.3 is 0 Å². The summed E-state index contributed by atoms with van der Waals surface area (Å²) in [5.74, 6) is 0.457. The highest BCUT2D eigenvalue weighted by molar-refractivity contribution is 9.09. The van der Waals surface area contributed by atoms with Crippen molar-refractivity contribution in [2.45, 2.75) is 17.7 Å². The van der Waals surface area contributed by atoms with Crippen molar-refractivity contribution in [2.24, 2.45) is 0 Å². The smallest absolute Gasteiger partial charge is 0.0429 e. The Kier molecular flexibility index (Phi) is 2.87. The summed E-state index contributed by atoms with van der Waals surface area (Å²) in [5.41, 5.74) is 2.60. The molecule has 0 heterocycles. The highest BCUT2D eigenvalue weighted by atomic mass is 79.9. The lowest BCUT2D eigenvalue weighted by Gasteiger charge is -2.13. The van der Waals surface area contributed by atoms with Gasteiger partial charge in [0.1, 0.15) is 0 Å². The number of alkyl halides is 1. The molecule has 1 aliphatic carbocycles. The summed E-state index contributed by atoms with van der Waals surface area (Å²) in [6.07, 6.45) is 8.65. The van der Waals surface area contributed by atoms with Gasteiger partial charge in [-0.25, -0.2) is 0 Å². The van der Waals surface area contributed by atoms with Gasteiger partial charge in [-0.05, 0) is 24.1 Å². The van der Waals surface area contributed by atoms with Crippen molar-refractivity contribution in [2.75, 3.05) is 0 Å². The quantitative estimate of drug-likeness (QED) is 0.549. The van der Waals surface area contributed by atoms with Crippen LogP contribution in [0.25, 0.3) is 6.08 Å². The Morgan fingerprint density at radius 1 is 1.57 bits per heavy atom. The van der Waals surface area contributed by atoms with Crippen LogP contribution in [0, 0.1) is 6.07 Å². The fourth-order valence-corrected chi connectivity index (χ4v) is 2.55. The van der Waals surface area contributed by atoms with Gasteiger partial charge in [0.25, 0.3) is 0 Å². The van der Waals surface area contributed by atoms with Crippen LogP contribution in [-0.2, 0) is 0 Å². The second-order valence-electron chi connectivity index (χ2n) is 3.39. The molecule has 0 spiro atoms. The first-order chi connectivity index (χ1) is 6.83. The average Bonchev–Trinajstić information content (AvgIpc) is 2.61. The minimum Gasteiger partial charge on any atom is -0.0905 e. The maximum Gasteiger partial charge on any atom is 0.0429 e. The number of halogens is 1. The van der Waals surface area contributed by atoms with E-state index in [1.165, 1.54) is 11.1 Å². The topological polar surface area (TPSA) is 0 Å². The molecule has 0 aromatic heterocycles. The van der Waals surface area contributed by atoms with Gasteiger partial charge in [-0.3, -0.25) is 0 Å². The Bertz CT molecular complexity index is 377. The lowest BCUT2D eigenvalue weighted by Crippen LogP contribution is -2.05. The molecule has 1 radical (unpaired) electrons. The molecule has 2 atom stereocenters. The minimum atomic E-state index is 0.390. The number of rotatable bonds is 2. The van der Waals surface area contributed by atoms with Crippen LogP contribution >= 0.6 is 15.9 Å². The summed E-state index contributed by atoms with van der Waals surface area (Å²) in [6, 6.07) is 9.43. The first-order valence-corrected chi connectivity index (χ1v) is 5.70. The van der Waals surface area contributed by atoms with Crippen LogP contribution in [0.15, 0.2) is 36.4 Å². The van der Waals surface area contributed by atoms with E-state index in [2.05, 4.69) is 52.4 Å². The Morgan fingerprint density at radius 3 is 3.21 bits per heavy atom. The van der Waals surface area contributed by atoms with E-state index in [4.69, 9.17) is 0 Å². The summed E-state index contributed by atoms with van der Waals surface area (Å²) in [6.45, 7) is 2.05. The summed E-state index contributed by atoms with van der Waals surface area (Å²) in [5, 5.41) is 0. The molecule has 1 aromatic carbocycles. The second-order valence-corrected chi connectivity index (χ2v) is 4.45. The van der Waals surface area contributed by atoms with Crippen molar-refractivity contribution in [3.05, 3.63) is 53.6 Å². The number of benzene rings is 1. The van der Waals surface area contributed by atoms with Crippen LogP contribution in [0.2, 0.25) is 0 Å². The van der Waals surface area contributed by atoms with Crippen molar-refractivity contribution < 1.29 is 0 Å². The zero-order valence-corrected chi connectivity index (χ0v) is 9.66. The first kappa shape index (κ1) is 9.72. The van der Waals surface area contributed by atoms with E-state index in [0.717, 1.165) is 0 Å². The summed E-state index contributed by atoms with van der Waals surface area (Å²) < 4.78 is 0. The molecule has 71 valence electrons. The third-order valence-corrected chi connectivity index (χ3v) is 3.35. The zero-order valence-electron chi connectivity index (χ0n) is 8.07. The van der Waals surface area contributed by atoms with Crippen molar-refractivity contribution in [1.29, 1.82) is 0 Å². The van der Waals surface area contributed by atoms with Gasteiger partial charge in [0.2, 0.25) is 0 Å². The van der Waals surface area contributed by atoms with E-state index >= 15 is 0 Å². The SMILES string of the molecule is CC=CC(Br)C1C=Cc2[c]cccc21. The summed E-state index contributed by atoms with van der Waals surface area (Å²) in [4.78, 5) is 0.390. The molecule has 2 rings (SSSR count). The van der Waals surface area contributed by atoms with Crippen LogP contribution in [-0.4, -0.2) is 4.83 Å². The van der Waals surface area contributed by atoms with Crippen LogP contribution in [0.5, 0.6) is 0 Å². The Labute approximate surface area is 93.5 Å². The molecule has 0 saturated heterocycles. The Balaban J connectivity index is 2.30. The lowest BCUT2D eigenvalue weighted by molar-refractivity contribution is 0.908. The molecule has 0 bridgehead atoms. The van der Waals surface area contributed by atoms with Crippen LogP contribution < -0.4 is 0 Å². The van der Waals surface area contributed by atoms with Crippen LogP contribution in [0.3, 0.4) is 0 Å². The van der Waals surface area contributed by atoms with Gasteiger partial charge in [-0.2, -0.15) is 0 Å². The highest BCUT2D eigenvalue weighted by Gasteiger charge is 2.21. The second kappa shape index (κ2) is 4.14. The van der Waals surface area contributed by atoms with E-state index in [1.807, 2.05) is 19.1 Å². The van der Waals surface area contributed by atoms with Gasteiger partial charge in [0.15, 0.2) is 0 Å². The number of fused-ring (bicyclic) bond motifs is 1. The van der Waals surface area contributed by atoms with Gasteiger partial charge in [-0.15, -0.1) is 0 Å². The average molecular weight is 248 g/mol. The molecule has 0 nitrogen and oxygen atoms in total. The van der Waals surface area contributed by atoms with Gasteiger partial charge in [0, 0.05) is 10.7 Å². The highest BCUT2D eigenvalue weighted by Crippen LogP contribution is 2.35. The number of hydrogen-bond donors (Lipinski definition) is 0. The third kappa shape index (κ3) is 1.69. The monoisotopic (exact) mass is 247 g/mol. The Hall–Kier alpha value is -0.820. The fraction of sp³-hybridized carbons (Fsp3) is 0.231. The normalized spacial score (nSPS) is 21.4. The fourth-order valence-electron chi connectivity index (χ4n) is 1.78. The van der Waals surface area contributed by atoms with Crippen LogP contribution in [0.4, 0.5) is 0 Å². The Morgan fingerprint density at radius 2 is 2.43 bits per heavy atom. The molecule has 0 amide bonds. The molecule has 0 saturated carbocycles. The predicted molar refractivity (Wildman–Crippen MR) is 64.6 cm³/mol. The van der Waals surface area contributed by atoms with E-state index in [1.54, 1.807) is 0 Å². The summed E-state index contributed by atoms with van der Waals surface area (Å²) in [7, 11) is 0. The van der Waals surface area contributed by atoms with E-state index in [9.17, 15) is 0 Å². The van der Waals surface area contributed by atoms with E-state index in [-0.39, 0.29) is 0 Å². The zero-order chi connectivity index (χ0) is 9.97. The van der Waals surface area contributed by atoms with Crippen molar-refractivity contribution in [3.63, 3.8) is 0 Å². The molecule has 0 fully saturated rings. The standard InChI is InChI=1S/C13H12Br/c1-2-5-13(14)12-9-8-10-6-3-4-7-11(10)12/h2-5,7-9,12-13H,1H3.